The fourth-order valence-corrected chi connectivity index (χ4v) is 2.55. The number of hydrogen-bond donors (Lipinski definition) is 2. The number of amides is 1. The molecule has 0 aliphatic carbocycles. The van der Waals surface area contributed by atoms with E-state index in [1.54, 1.807) is 0 Å². The van der Waals surface area contributed by atoms with Crippen LogP contribution in [0.2, 0.25) is 0 Å². The topological polar surface area (TPSA) is 41.1 Å². The van der Waals surface area contributed by atoms with Crippen molar-refractivity contribution < 1.29 is 4.79 Å². The molecule has 1 unspecified atom stereocenters. The number of carbonyl (C=O) groups is 1. The van der Waals surface area contributed by atoms with E-state index in [0.717, 1.165) is 23.0 Å². The van der Waals surface area contributed by atoms with E-state index in [4.69, 9.17) is 0 Å². The summed E-state index contributed by atoms with van der Waals surface area (Å²) in [4.78, 5) is 11.9. The van der Waals surface area contributed by atoms with Gasteiger partial charge < -0.3 is 10.6 Å². The lowest BCUT2D eigenvalue weighted by molar-refractivity contribution is -0.122. The molecule has 1 aromatic carbocycles. The third-order valence-corrected chi connectivity index (χ3v) is 3.87. The van der Waals surface area contributed by atoms with Gasteiger partial charge in [0.2, 0.25) is 5.91 Å². The van der Waals surface area contributed by atoms with Gasteiger partial charge in [0, 0.05) is 16.9 Å². The largest absolute Gasteiger partial charge is 0.350 e. The highest BCUT2D eigenvalue weighted by molar-refractivity contribution is 9.10. The highest BCUT2D eigenvalue weighted by Gasteiger charge is 2.18. The Morgan fingerprint density at radius 1 is 1.50 bits per heavy atom. The second-order valence-corrected chi connectivity index (χ2v) is 5.75. The van der Waals surface area contributed by atoms with Crippen LogP contribution in [-0.4, -0.2) is 18.5 Å². The van der Waals surface area contributed by atoms with Crippen molar-refractivity contribution in [1.29, 1.82) is 0 Å². The van der Waals surface area contributed by atoms with Gasteiger partial charge in [0.25, 0.3) is 0 Å². The average molecular weight is 311 g/mol. The van der Waals surface area contributed by atoms with Gasteiger partial charge in [-0.25, -0.2) is 0 Å². The first-order chi connectivity index (χ1) is 8.65. The lowest BCUT2D eigenvalue weighted by atomic mass is 10.1. The van der Waals surface area contributed by atoms with Crippen molar-refractivity contribution in [2.24, 2.45) is 0 Å². The highest BCUT2D eigenvalue weighted by Crippen LogP contribution is 2.17. The molecule has 2 N–H and O–H groups in total. The summed E-state index contributed by atoms with van der Waals surface area (Å²) in [5.41, 5.74) is 1.13. The van der Waals surface area contributed by atoms with Crippen LogP contribution in [0.3, 0.4) is 0 Å². The molecule has 1 aromatic rings. The Balaban J connectivity index is 1.84. The minimum Gasteiger partial charge on any atom is -0.350 e. The molecule has 4 heteroatoms. The van der Waals surface area contributed by atoms with Gasteiger partial charge >= 0.3 is 0 Å². The maximum Gasteiger partial charge on any atom is 0.222 e. The van der Waals surface area contributed by atoms with Crippen molar-refractivity contribution in [1.82, 2.24) is 10.6 Å². The Hall–Kier alpha value is -0.870. The molecule has 0 aromatic heterocycles. The summed E-state index contributed by atoms with van der Waals surface area (Å²) in [6.45, 7) is 3.06. The first-order valence-corrected chi connectivity index (χ1v) is 7.22. The zero-order valence-electron chi connectivity index (χ0n) is 10.6. The van der Waals surface area contributed by atoms with Gasteiger partial charge in [-0.05, 0) is 44.0 Å². The van der Waals surface area contributed by atoms with Crippen molar-refractivity contribution in [2.45, 2.75) is 38.3 Å². The van der Waals surface area contributed by atoms with Crippen molar-refractivity contribution in [3.8, 4) is 0 Å². The molecule has 2 atom stereocenters. The van der Waals surface area contributed by atoms with E-state index >= 15 is 0 Å². The Bertz CT molecular complexity index is 399. The quantitative estimate of drug-likeness (QED) is 0.898. The molecule has 0 saturated carbocycles. The molecule has 3 nitrogen and oxygen atoms in total. The third-order valence-electron chi connectivity index (χ3n) is 3.34. The number of hydrogen-bond acceptors (Lipinski definition) is 2. The summed E-state index contributed by atoms with van der Waals surface area (Å²) in [7, 11) is 0. The van der Waals surface area contributed by atoms with Gasteiger partial charge in [-0.15, -0.1) is 0 Å². The first-order valence-electron chi connectivity index (χ1n) is 6.43. The van der Waals surface area contributed by atoms with E-state index in [9.17, 15) is 4.79 Å². The van der Waals surface area contributed by atoms with Crippen LogP contribution in [0.4, 0.5) is 0 Å². The van der Waals surface area contributed by atoms with E-state index < -0.39 is 0 Å². The molecule has 98 valence electrons. The van der Waals surface area contributed by atoms with E-state index in [0.29, 0.717) is 12.5 Å². The number of rotatable bonds is 4. The molecule has 0 bridgehead atoms. The Morgan fingerprint density at radius 2 is 2.22 bits per heavy atom. The zero-order chi connectivity index (χ0) is 13.0. The Labute approximate surface area is 116 Å². The van der Waals surface area contributed by atoms with Crippen LogP contribution in [-0.2, 0) is 4.79 Å². The van der Waals surface area contributed by atoms with Crippen LogP contribution < -0.4 is 10.6 Å². The SMILES string of the molecule is C[C@H](NC(=O)CC1CCCN1)c1ccc(Br)cc1. The van der Waals surface area contributed by atoms with Crippen molar-refractivity contribution in [3.63, 3.8) is 0 Å². The van der Waals surface area contributed by atoms with Crippen LogP contribution in [0.5, 0.6) is 0 Å². The molecule has 18 heavy (non-hydrogen) atoms. The smallest absolute Gasteiger partial charge is 0.222 e. The van der Waals surface area contributed by atoms with Crippen molar-refractivity contribution >= 4 is 21.8 Å². The summed E-state index contributed by atoms with van der Waals surface area (Å²) in [5.74, 6) is 0.129. The van der Waals surface area contributed by atoms with Crippen LogP contribution in [0.1, 0.15) is 37.8 Å². The van der Waals surface area contributed by atoms with E-state index in [1.807, 2.05) is 31.2 Å². The second-order valence-electron chi connectivity index (χ2n) is 4.84. The van der Waals surface area contributed by atoms with Crippen LogP contribution >= 0.6 is 15.9 Å². The van der Waals surface area contributed by atoms with E-state index in [-0.39, 0.29) is 11.9 Å². The molecule has 2 rings (SSSR count). The van der Waals surface area contributed by atoms with Gasteiger partial charge in [0.1, 0.15) is 0 Å². The summed E-state index contributed by atoms with van der Waals surface area (Å²) < 4.78 is 1.06. The monoisotopic (exact) mass is 310 g/mol. The predicted molar refractivity (Wildman–Crippen MR) is 76.3 cm³/mol. The van der Waals surface area contributed by atoms with Crippen LogP contribution in [0.25, 0.3) is 0 Å². The zero-order valence-corrected chi connectivity index (χ0v) is 12.2. The van der Waals surface area contributed by atoms with Gasteiger partial charge in [-0.1, -0.05) is 28.1 Å². The van der Waals surface area contributed by atoms with Crippen molar-refractivity contribution in [2.75, 3.05) is 6.54 Å². The Kier molecular flexibility index (Phi) is 4.78. The number of nitrogens with one attached hydrogen (secondary N) is 2. The molecular formula is C14H19BrN2O. The number of benzene rings is 1. The minimum atomic E-state index is 0.0620. The summed E-state index contributed by atoms with van der Waals surface area (Å²) in [6, 6.07) is 8.48. The summed E-state index contributed by atoms with van der Waals surface area (Å²) in [6.07, 6.45) is 2.88. The molecule has 1 fully saturated rings. The molecule has 1 aliphatic heterocycles. The lowest BCUT2D eigenvalue weighted by Crippen LogP contribution is -2.33. The standard InChI is InChI=1S/C14H19BrN2O/c1-10(11-4-6-12(15)7-5-11)17-14(18)9-13-3-2-8-16-13/h4-7,10,13,16H,2-3,8-9H2,1H3,(H,17,18)/t10-,13?/m0/s1. The minimum absolute atomic E-state index is 0.0620. The molecule has 1 amide bonds. The second kappa shape index (κ2) is 6.34. The molecule has 0 spiro atoms. The van der Waals surface area contributed by atoms with E-state index in [1.165, 1.54) is 6.42 Å². The summed E-state index contributed by atoms with van der Waals surface area (Å²) in [5, 5.41) is 6.39. The summed E-state index contributed by atoms with van der Waals surface area (Å²) >= 11 is 3.41. The maximum atomic E-state index is 11.9. The highest BCUT2D eigenvalue weighted by atomic mass is 79.9. The van der Waals surface area contributed by atoms with Gasteiger partial charge in [-0.2, -0.15) is 0 Å². The van der Waals surface area contributed by atoms with Crippen LogP contribution in [0.15, 0.2) is 28.7 Å². The third kappa shape index (κ3) is 3.82. The molecule has 1 saturated heterocycles. The van der Waals surface area contributed by atoms with Gasteiger partial charge in [0.05, 0.1) is 6.04 Å². The molecule has 0 radical (unpaired) electrons. The van der Waals surface area contributed by atoms with E-state index in [2.05, 4.69) is 26.6 Å². The lowest BCUT2D eigenvalue weighted by Gasteiger charge is -2.16. The Morgan fingerprint density at radius 3 is 2.83 bits per heavy atom. The van der Waals surface area contributed by atoms with Gasteiger partial charge in [0.15, 0.2) is 0 Å². The predicted octanol–water partition coefficient (Wildman–Crippen LogP) is 2.77. The molecular weight excluding hydrogens is 292 g/mol. The first kappa shape index (κ1) is 13.6. The van der Waals surface area contributed by atoms with Gasteiger partial charge in [-0.3, -0.25) is 4.79 Å². The normalized spacial score (nSPS) is 20.7. The fourth-order valence-electron chi connectivity index (χ4n) is 2.29. The molecule has 1 aliphatic rings. The molecule has 1 heterocycles. The van der Waals surface area contributed by atoms with Crippen molar-refractivity contribution in [3.05, 3.63) is 34.3 Å². The number of halogens is 1. The average Bonchev–Trinajstić information content (AvgIpc) is 2.82. The maximum absolute atomic E-state index is 11.9. The fraction of sp³-hybridized carbons (Fsp3) is 0.500. The number of carbonyl (C=O) groups excluding carboxylic acids is 1. The van der Waals surface area contributed by atoms with Crippen LogP contribution in [0, 0.1) is 0 Å².